The van der Waals surface area contributed by atoms with E-state index in [0.717, 1.165) is 25.7 Å². The Bertz CT molecular complexity index is 1430. The van der Waals surface area contributed by atoms with Crippen LogP contribution in [-0.4, -0.2) is 58.9 Å². The average molecular weight is 546 g/mol. The third-order valence-electron chi connectivity index (χ3n) is 7.73. The van der Waals surface area contributed by atoms with Gasteiger partial charge in [-0.25, -0.2) is 15.1 Å². The fourth-order valence-electron chi connectivity index (χ4n) is 5.78. The molecule has 2 aliphatic rings. The molecule has 0 aromatic carbocycles. The molecule has 9 nitrogen and oxygen atoms in total. The lowest BCUT2D eigenvalue weighted by Crippen LogP contribution is -2.42. The van der Waals surface area contributed by atoms with Gasteiger partial charge in [0.25, 0.3) is 0 Å². The number of aromatic nitrogens is 8. The van der Waals surface area contributed by atoms with Crippen LogP contribution in [0.2, 0.25) is 5.02 Å². The monoisotopic (exact) mass is 545 g/mol. The molecule has 4 aromatic heterocycles. The van der Waals surface area contributed by atoms with Crippen LogP contribution in [0.5, 0.6) is 0 Å². The summed E-state index contributed by atoms with van der Waals surface area (Å²) < 4.78 is 44.2. The van der Waals surface area contributed by atoms with Gasteiger partial charge in [0.15, 0.2) is 5.82 Å². The Labute approximate surface area is 221 Å². The molecule has 38 heavy (non-hydrogen) atoms. The van der Waals surface area contributed by atoms with Crippen LogP contribution in [0.15, 0.2) is 24.5 Å². The molecule has 1 aliphatic heterocycles. The van der Waals surface area contributed by atoms with Crippen LogP contribution in [0.4, 0.5) is 19.1 Å². The van der Waals surface area contributed by atoms with Crippen molar-refractivity contribution >= 4 is 28.6 Å². The summed E-state index contributed by atoms with van der Waals surface area (Å²) in [6, 6.07) is 1.89. The van der Waals surface area contributed by atoms with Crippen molar-refractivity contribution in [2.45, 2.75) is 64.2 Å². The molecule has 200 valence electrons. The highest BCUT2D eigenvalue weighted by Crippen LogP contribution is 2.41. The van der Waals surface area contributed by atoms with Gasteiger partial charge in [-0.1, -0.05) is 31.4 Å². The van der Waals surface area contributed by atoms with Crippen molar-refractivity contribution in [3.63, 3.8) is 0 Å². The molecule has 1 saturated heterocycles. The Morgan fingerprint density at radius 2 is 1.89 bits per heavy atom. The number of nitrogens with one attached hydrogen (secondary N) is 1. The number of hydrogen-bond acceptors (Lipinski definition) is 7. The lowest BCUT2D eigenvalue weighted by atomic mass is 9.83. The maximum atomic E-state index is 14.1. The molecule has 0 amide bonds. The van der Waals surface area contributed by atoms with Gasteiger partial charge in [0.1, 0.15) is 11.7 Å². The van der Waals surface area contributed by atoms with Gasteiger partial charge in [-0.3, -0.25) is 4.98 Å². The molecule has 0 radical (unpaired) electrons. The van der Waals surface area contributed by atoms with E-state index in [1.54, 1.807) is 18.3 Å². The number of alkyl halides is 3. The second-order valence-corrected chi connectivity index (χ2v) is 10.8. The van der Waals surface area contributed by atoms with Gasteiger partial charge in [-0.05, 0) is 60.1 Å². The molecular weight excluding hydrogens is 519 g/mol. The first-order valence-corrected chi connectivity index (χ1v) is 13.3. The summed E-state index contributed by atoms with van der Waals surface area (Å²) in [4.78, 5) is 15.3. The SMILES string of the molecule is C[C@H]1CC[C@H](Cn2c(N3CCC[C@H]3C(F)(F)F)nc3cc(-c4nnn[nH]4)nc(-c4cncc(Cl)c4)c32)CC1. The first kappa shape index (κ1) is 25.0. The van der Waals surface area contributed by atoms with Gasteiger partial charge >= 0.3 is 6.18 Å². The number of H-pyrrole nitrogens is 1. The minimum Gasteiger partial charge on any atom is -0.330 e. The van der Waals surface area contributed by atoms with Crippen molar-refractivity contribution in [2.75, 3.05) is 11.4 Å². The van der Waals surface area contributed by atoms with Gasteiger partial charge in [-0.15, -0.1) is 5.10 Å². The quantitative estimate of drug-likeness (QED) is 0.344. The van der Waals surface area contributed by atoms with Crippen LogP contribution >= 0.6 is 11.6 Å². The first-order valence-electron chi connectivity index (χ1n) is 12.9. The maximum Gasteiger partial charge on any atom is 0.408 e. The number of hydrogen-bond donors (Lipinski definition) is 1. The Balaban J connectivity index is 1.58. The number of nitrogens with zero attached hydrogens (tertiary/aromatic N) is 8. The van der Waals surface area contributed by atoms with Crippen molar-refractivity contribution in [2.24, 2.45) is 11.8 Å². The summed E-state index contributed by atoms with van der Waals surface area (Å²) in [6.45, 7) is 3.10. The number of anilines is 1. The standard InChI is InChI=1S/C25H27ClF3N9/c1-14-4-6-15(7-5-14)13-38-22-18(32-24(38)37-8-2-3-20(37)25(27,28)29)10-19(23-33-35-36-34-23)31-21(22)16-9-17(26)12-30-11-16/h9-12,14-15,20H,2-8,13H2,1H3,(H,33,34,35,36)/t14-,15-,20-/m0/s1. The van der Waals surface area contributed by atoms with E-state index >= 15 is 0 Å². The molecule has 1 saturated carbocycles. The van der Waals surface area contributed by atoms with E-state index in [4.69, 9.17) is 21.6 Å². The molecule has 5 heterocycles. The summed E-state index contributed by atoms with van der Waals surface area (Å²) in [7, 11) is 0. The fraction of sp³-hybridized carbons (Fsp3) is 0.520. The third-order valence-corrected chi connectivity index (χ3v) is 7.94. The zero-order valence-corrected chi connectivity index (χ0v) is 21.5. The highest BCUT2D eigenvalue weighted by molar-refractivity contribution is 6.30. The number of tetrazole rings is 1. The summed E-state index contributed by atoms with van der Waals surface area (Å²) in [5, 5.41) is 14.4. The summed E-state index contributed by atoms with van der Waals surface area (Å²) >= 11 is 6.29. The van der Waals surface area contributed by atoms with Crippen molar-refractivity contribution in [1.82, 2.24) is 40.1 Å². The number of aromatic amines is 1. The van der Waals surface area contributed by atoms with Crippen LogP contribution in [0.1, 0.15) is 45.4 Å². The van der Waals surface area contributed by atoms with Gasteiger partial charge in [0, 0.05) is 31.0 Å². The van der Waals surface area contributed by atoms with Crippen molar-refractivity contribution in [3.05, 3.63) is 29.5 Å². The van der Waals surface area contributed by atoms with E-state index in [1.165, 1.54) is 11.1 Å². The van der Waals surface area contributed by atoms with E-state index in [9.17, 15) is 13.2 Å². The highest BCUT2D eigenvalue weighted by atomic mass is 35.5. The van der Waals surface area contributed by atoms with E-state index in [-0.39, 0.29) is 13.0 Å². The van der Waals surface area contributed by atoms with E-state index in [0.29, 0.717) is 69.6 Å². The Morgan fingerprint density at radius 3 is 2.61 bits per heavy atom. The molecule has 0 spiro atoms. The normalized spacial score (nSPS) is 22.4. The average Bonchev–Trinajstić information content (AvgIpc) is 3.65. The molecule has 1 aliphatic carbocycles. The van der Waals surface area contributed by atoms with Crippen molar-refractivity contribution in [3.8, 4) is 22.8 Å². The van der Waals surface area contributed by atoms with Gasteiger partial charge in [0.05, 0.1) is 21.7 Å². The third kappa shape index (κ3) is 4.70. The molecule has 0 unspecified atom stereocenters. The van der Waals surface area contributed by atoms with Crippen LogP contribution < -0.4 is 4.90 Å². The number of imidazole rings is 1. The molecule has 1 atom stereocenters. The number of rotatable bonds is 5. The number of pyridine rings is 2. The molecule has 1 N–H and O–H groups in total. The molecule has 0 bridgehead atoms. The van der Waals surface area contributed by atoms with Crippen LogP contribution in [-0.2, 0) is 6.54 Å². The molecule has 6 rings (SSSR count). The zero-order valence-electron chi connectivity index (χ0n) is 20.8. The minimum absolute atomic E-state index is 0.0476. The van der Waals surface area contributed by atoms with Gasteiger partial charge in [0.2, 0.25) is 5.95 Å². The summed E-state index contributed by atoms with van der Waals surface area (Å²) in [5.74, 6) is 1.64. The minimum atomic E-state index is -4.35. The first-order chi connectivity index (χ1) is 18.3. The van der Waals surface area contributed by atoms with E-state index < -0.39 is 12.2 Å². The lowest BCUT2D eigenvalue weighted by molar-refractivity contribution is -0.146. The summed E-state index contributed by atoms with van der Waals surface area (Å²) in [5.41, 5.74) is 2.76. The largest absolute Gasteiger partial charge is 0.408 e. The summed E-state index contributed by atoms with van der Waals surface area (Å²) in [6.07, 6.45) is 3.56. The zero-order chi connectivity index (χ0) is 26.4. The van der Waals surface area contributed by atoms with Crippen LogP contribution in [0.25, 0.3) is 33.8 Å². The number of fused-ring (bicyclic) bond motifs is 1. The lowest BCUT2D eigenvalue weighted by Gasteiger charge is -2.31. The van der Waals surface area contributed by atoms with Crippen LogP contribution in [0.3, 0.4) is 0 Å². The predicted molar refractivity (Wildman–Crippen MR) is 136 cm³/mol. The highest BCUT2D eigenvalue weighted by Gasteiger charge is 2.47. The van der Waals surface area contributed by atoms with Crippen molar-refractivity contribution in [1.29, 1.82) is 0 Å². The second-order valence-electron chi connectivity index (χ2n) is 10.4. The Morgan fingerprint density at radius 1 is 1.08 bits per heavy atom. The second kappa shape index (κ2) is 9.79. The maximum absolute atomic E-state index is 14.1. The topological polar surface area (TPSA) is 101 Å². The molecular formula is C25H27ClF3N9. The van der Waals surface area contributed by atoms with E-state index in [2.05, 4.69) is 32.5 Å². The van der Waals surface area contributed by atoms with Gasteiger partial charge in [-0.2, -0.15) is 13.2 Å². The van der Waals surface area contributed by atoms with Crippen molar-refractivity contribution < 1.29 is 13.2 Å². The molecule has 4 aromatic rings. The Hall–Kier alpha value is -3.28. The molecule has 2 fully saturated rings. The number of halogens is 4. The molecule has 13 heteroatoms. The van der Waals surface area contributed by atoms with E-state index in [1.807, 2.05) is 4.57 Å². The smallest absolute Gasteiger partial charge is 0.330 e. The van der Waals surface area contributed by atoms with Gasteiger partial charge < -0.3 is 9.47 Å². The fourth-order valence-corrected chi connectivity index (χ4v) is 5.96. The Kier molecular flexibility index (Phi) is 6.45. The van der Waals surface area contributed by atoms with Crippen LogP contribution in [0, 0.1) is 11.8 Å². The predicted octanol–water partition coefficient (Wildman–Crippen LogP) is 5.68.